The van der Waals surface area contributed by atoms with Gasteiger partial charge in [-0.25, -0.2) is 8.42 Å². The van der Waals surface area contributed by atoms with Gasteiger partial charge in [0.25, 0.3) is 0 Å². The minimum atomic E-state index is -3.92. The van der Waals surface area contributed by atoms with Gasteiger partial charge in [-0.05, 0) is 43.3 Å². The topological polar surface area (TPSA) is 83.7 Å². The predicted molar refractivity (Wildman–Crippen MR) is 123 cm³/mol. The van der Waals surface area contributed by atoms with Crippen LogP contribution in [0.15, 0.2) is 62.9 Å². The van der Waals surface area contributed by atoms with E-state index in [4.69, 9.17) is 16.0 Å². The first kappa shape index (κ1) is 22.4. The third kappa shape index (κ3) is 4.38. The first-order valence-electron chi connectivity index (χ1n) is 10.4. The summed E-state index contributed by atoms with van der Waals surface area (Å²) in [5, 5.41) is 0.436. The van der Waals surface area contributed by atoms with Crippen molar-refractivity contribution >= 4 is 33.2 Å². The summed E-state index contributed by atoms with van der Waals surface area (Å²) in [6.07, 6.45) is 0.441. The summed E-state index contributed by atoms with van der Waals surface area (Å²) >= 11 is 5.99. The molecule has 2 heterocycles. The number of benzene rings is 2. The van der Waals surface area contributed by atoms with E-state index in [1.54, 1.807) is 53.4 Å². The molecule has 3 aromatic rings. The normalized spacial score (nSPS) is 14.6. The van der Waals surface area contributed by atoms with E-state index in [9.17, 15) is 13.2 Å². The summed E-state index contributed by atoms with van der Waals surface area (Å²) in [6, 6.07) is 13.5. The first-order valence-corrected chi connectivity index (χ1v) is 12.3. The number of halogens is 1. The average molecular weight is 474 g/mol. The van der Waals surface area contributed by atoms with Gasteiger partial charge in [-0.1, -0.05) is 36.2 Å². The van der Waals surface area contributed by atoms with Crippen LogP contribution in [-0.4, -0.2) is 50.4 Å². The maximum atomic E-state index is 13.5. The molecule has 0 aliphatic carbocycles. The van der Waals surface area contributed by atoms with Gasteiger partial charge in [0.1, 0.15) is 0 Å². The van der Waals surface area contributed by atoms with Gasteiger partial charge < -0.3 is 14.2 Å². The van der Waals surface area contributed by atoms with E-state index >= 15 is 0 Å². The van der Waals surface area contributed by atoms with Gasteiger partial charge in [-0.15, -0.1) is 0 Å². The van der Waals surface area contributed by atoms with E-state index in [-0.39, 0.29) is 27.6 Å². The van der Waals surface area contributed by atoms with Gasteiger partial charge >= 0.3 is 0 Å². The molecule has 0 unspecified atom stereocenters. The van der Waals surface area contributed by atoms with Crippen LogP contribution in [-0.2, 0) is 14.6 Å². The number of piperazine rings is 1. The second-order valence-electron chi connectivity index (χ2n) is 7.67. The molecule has 0 atom stereocenters. The standard InChI is InChI=1S/C23H24ClN3O4S/c1-3-20(28)26-12-14-27(15-13-26)23-22(32(29,30)19-10-4-16(2)5-11-19)25-21(31-23)17-6-8-18(24)9-7-17/h4-11H,3,12-15H2,1-2H3. The molecule has 32 heavy (non-hydrogen) atoms. The number of nitrogens with zero attached hydrogens (tertiary/aromatic N) is 3. The van der Waals surface area contributed by atoms with Gasteiger partial charge in [0.15, 0.2) is 0 Å². The number of amides is 1. The molecule has 1 saturated heterocycles. The Balaban J connectivity index is 1.75. The highest BCUT2D eigenvalue weighted by atomic mass is 35.5. The Morgan fingerprint density at radius 1 is 1.03 bits per heavy atom. The fourth-order valence-corrected chi connectivity index (χ4v) is 5.05. The SMILES string of the molecule is CCC(=O)N1CCN(c2oc(-c3ccc(Cl)cc3)nc2S(=O)(=O)c2ccc(C)cc2)CC1. The highest BCUT2D eigenvalue weighted by Gasteiger charge is 2.33. The van der Waals surface area contributed by atoms with E-state index < -0.39 is 9.84 Å². The van der Waals surface area contributed by atoms with Crippen molar-refractivity contribution in [2.75, 3.05) is 31.1 Å². The fraction of sp³-hybridized carbons (Fsp3) is 0.304. The number of rotatable bonds is 5. The van der Waals surface area contributed by atoms with Crippen molar-refractivity contribution in [2.24, 2.45) is 0 Å². The third-order valence-electron chi connectivity index (χ3n) is 5.48. The van der Waals surface area contributed by atoms with Crippen molar-refractivity contribution in [1.82, 2.24) is 9.88 Å². The van der Waals surface area contributed by atoms with Crippen LogP contribution in [0.1, 0.15) is 18.9 Å². The lowest BCUT2D eigenvalue weighted by Crippen LogP contribution is -2.48. The van der Waals surface area contributed by atoms with E-state index in [1.807, 2.05) is 18.7 Å². The fourth-order valence-electron chi connectivity index (χ4n) is 3.60. The van der Waals surface area contributed by atoms with E-state index in [0.29, 0.717) is 43.2 Å². The molecule has 9 heteroatoms. The Morgan fingerprint density at radius 3 is 2.25 bits per heavy atom. The molecular formula is C23H24ClN3O4S. The zero-order valence-corrected chi connectivity index (χ0v) is 19.5. The molecule has 7 nitrogen and oxygen atoms in total. The van der Waals surface area contributed by atoms with Crippen molar-refractivity contribution in [1.29, 1.82) is 0 Å². The van der Waals surface area contributed by atoms with Crippen LogP contribution in [0.2, 0.25) is 5.02 Å². The molecule has 1 aliphatic heterocycles. The molecule has 168 valence electrons. The van der Waals surface area contributed by atoms with Gasteiger partial charge in [0, 0.05) is 43.2 Å². The summed E-state index contributed by atoms with van der Waals surface area (Å²) in [4.78, 5) is 20.2. The van der Waals surface area contributed by atoms with Crippen molar-refractivity contribution in [3.05, 3.63) is 59.1 Å². The molecule has 1 aromatic heterocycles. The molecular weight excluding hydrogens is 450 g/mol. The molecule has 0 bridgehead atoms. The Morgan fingerprint density at radius 2 is 1.66 bits per heavy atom. The molecule has 0 saturated carbocycles. The Hall–Kier alpha value is -2.84. The number of carbonyl (C=O) groups is 1. The van der Waals surface area contributed by atoms with Crippen molar-refractivity contribution in [3.8, 4) is 11.5 Å². The maximum Gasteiger partial charge on any atom is 0.236 e. The van der Waals surface area contributed by atoms with E-state index in [2.05, 4.69) is 4.98 Å². The zero-order chi connectivity index (χ0) is 22.9. The lowest BCUT2D eigenvalue weighted by Gasteiger charge is -2.34. The zero-order valence-electron chi connectivity index (χ0n) is 17.9. The first-order chi connectivity index (χ1) is 15.3. The van der Waals surface area contributed by atoms with Crippen LogP contribution in [0.3, 0.4) is 0 Å². The quantitative estimate of drug-likeness (QED) is 0.552. The Bertz CT molecular complexity index is 1210. The van der Waals surface area contributed by atoms with E-state index in [1.165, 1.54) is 0 Å². The number of aryl methyl sites for hydroxylation is 1. The maximum absolute atomic E-state index is 13.5. The Kier molecular flexibility index (Phi) is 6.26. The highest BCUT2D eigenvalue weighted by Crippen LogP contribution is 2.35. The number of carbonyl (C=O) groups excluding carboxylic acids is 1. The smallest absolute Gasteiger partial charge is 0.236 e. The molecule has 0 radical (unpaired) electrons. The van der Waals surface area contributed by atoms with Gasteiger partial charge in [0.05, 0.1) is 4.90 Å². The molecule has 1 fully saturated rings. The largest absolute Gasteiger partial charge is 0.419 e. The summed E-state index contributed by atoms with van der Waals surface area (Å²) in [5.74, 6) is 0.477. The van der Waals surface area contributed by atoms with Gasteiger partial charge in [-0.3, -0.25) is 4.79 Å². The number of oxazole rings is 1. The number of sulfone groups is 1. The second kappa shape index (κ2) is 8.96. The summed E-state index contributed by atoms with van der Waals surface area (Å²) < 4.78 is 33.0. The summed E-state index contributed by atoms with van der Waals surface area (Å²) in [6.45, 7) is 5.62. The summed E-state index contributed by atoms with van der Waals surface area (Å²) in [5.41, 5.74) is 1.59. The lowest BCUT2D eigenvalue weighted by molar-refractivity contribution is -0.131. The molecule has 1 amide bonds. The van der Waals surface area contributed by atoms with E-state index in [0.717, 1.165) is 5.56 Å². The predicted octanol–water partition coefficient (Wildman–Crippen LogP) is 4.19. The van der Waals surface area contributed by atoms with Crippen LogP contribution in [0.5, 0.6) is 0 Å². The minimum absolute atomic E-state index is 0.0802. The minimum Gasteiger partial charge on any atom is -0.419 e. The van der Waals surface area contributed by atoms with Crippen LogP contribution in [0.4, 0.5) is 5.88 Å². The van der Waals surface area contributed by atoms with Crippen LogP contribution in [0, 0.1) is 6.92 Å². The second-order valence-corrected chi connectivity index (χ2v) is 9.98. The Labute approximate surface area is 192 Å². The van der Waals surface area contributed by atoms with Gasteiger partial charge in [-0.2, -0.15) is 4.98 Å². The third-order valence-corrected chi connectivity index (χ3v) is 7.40. The number of anilines is 1. The van der Waals surface area contributed by atoms with Crippen LogP contribution in [0.25, 0.3) is 11.5 Å². The molecule has 4 rings (SSSR count). The van der Waals surface area contributed by atoms with Crippen molar-refractivity contribution < 1.29 is 17.6 Å². The average Bonchev–Trinajstić information content (AvgIpc) is 3.26. The molecule has 1 aliphatic rings. The highest BCUT2D eigenvalue weighted by molar-refractivity contribution is 7.91. The molecule has 0 spiro atoms. The number of hydrogen-bond acceptors (Lipinski definition) is 6. The van der Waals surface area contributed by atoms with Crippen molar-refractivity contribution in [2.45, 2.75) is 30.2 Å². The van der Waals surface area contributed by atoms with Crippen LogP contribution < -0.4 is 4.90 Å². The van der Waals surface area contributed by atoms with Crippen molar-refractivity contribution in [3.63, 3.8) is 0 Å². The molecule has 2 aromatic carbocycles. The number of aromatic nitrogens is 1. The monoisotopic (exact) mass is 473 g/mol. The summed E-state index contributed by atoms with van der Waals surface area (Å²) in [7, 11) is -3.92. The number of hydrogen-bond donors (Lipinski definition) is 0. The molecule has 0 N–H and O–H groups in total. The lowest BCUT2D eigenvalue weighted by atomic mass is 10.2. The van der Waals surface area contributed by atoms with Gasteiger partial charge in [0.2, 0.25) is 32.5 Å². The van der Waals surface area contributed by atoms with Crippen LogP contribution >= 0.6 is 11.6 Å².